The third kappa shape index (κ3) is 8.23. The maximum atomic E-state index is 14.0. The Kier molecular flexibility index (Phi) is 10.9. The Hall–Kier alpha value is -5.43. The summed E-state index contributed by atoms with van der Waals surface area (Å²) in [6.07, 6.45) is 4.46. The molecule has 1 aromatic heterocycles. The van der Waals surface area contributed by atoms with E-state index in [9.17, 15) is 19.6 Å². The van der Waals surface area contributed by atoms with Crippen LogP contribution in [-0.4, -0.2) is 17.7 Å². The van der Waals surface area contributed by atoms with E-state index in [0.29, 0.717) is 27.7 Å². The van der Waals surface area contributed by atoms with Crippen molar-refractivity contribution < 1.29 is 14.4 Å². The molecular weight excluding hydrogens is 661 g/mol. The number of anilines is 2. The summed E-state index contributed by atoms with van der Waals surface area (Å²) in [4.78, 5) is 42.8. The van der Waals surface area contributed by atoms with E-state index in [1.54, 1.807) is 36.4 Å². The molecule has 1 aliphatic rings. The fourth-order valence-corrected chi connectivity index (χ4v) is 8.31. The highest BCUT2D eigenvalue weighted by Gasteiger charge is 2.28. The Balaban J connectivity index is 1.24. The van der Waals surface area contributed by atoms with Gasteiger partial charge in [-0.05, 0) is 90.8 Å². The minimum Gasteiger partial charge on any atom is -0.321 e. The van der Waals surface area contributed by atoms with Crippen LogP contribution in [0.3, 0.4) is 0 Å². The first-order valence-corrected chi connectivity index (χ1v) is 18.1. The standard InChI is InChI=1S/C41H36N4O3S2/c1-26-20-21-33-34(25-42)41(50-36(33)22-26)45-40(48)37(28-13-5-3-6-14-28)49-32-19-11-18-31(24-32)43-39(47)35(23-30-17-10-9-12-27(30)2)44-38(46)29-15-7-4-8-16-29/h3-19,23-24,26,37H,20-22H2,1-2H3,(H,43,47)(H,44,46)(H,45,48)/b35-23-. The molecule has 4 aromatic carbocycles. The Morgan fingerprint density at radius 3 is 2.38 bits per heavy atom. The average Bonchev–Trinajstić information content (AvgIpc) is 3.47. The van der Waals surface area contributed by atoms with Crippen LogP contribution in [0.4, 0.5) is 10.7 Å². The molecule has 0 radical (unpaired) electrons. The van der Waals surface area contributed by atoms with Gasteiger partial charge in [0.05, 0.1) is 5.56 Å². The van der Waals surface area contributed by atoms with E-state index in [-0.39, 0.29) is 11.6 Å². The highest BCUT2D eigenvalue weighted by molar-refractivity contribution is 8.00. The Morgan fingerprint density at radius 2 is 1.64 bits per heavy atom. The van der Waals surface area contributed by atoms with Crippen LogP contribution in [0.1, 0.15) is 61.6 Å². The summed E-state index contributed by atoms with van der Waals surface area (Å²) in [5, 5.41) is 18.8. The number of nitrogens with one attached hydrogen (secondary N) is 3. The Morgan fingerprint density at radius 1 is 0.920 bits per heavy atom. The van der Waals surface area contributed by atoms with E-state index in [4.69, 9.17) is 0 Å². The van der Waals surface area contributed by atoms with E-state index in [1.807, 2.05) is 85.8 Å². The molecule has 1 heterocycles. The van der Waals surface area contributed by atoms with E-state index in [1.165, 1.54) is 28.0 Å². The molecule has 7 nitrogen and oxygen atoms in total. The van der Waals surface area contributed by atoms with Crippen LogP contribution in [0.5, 0.6) is 0 Å². The summed E-state index contributed by atoms with van der Waals surface area (Å²) in [5.41, 5.74) is 5.22. The van der Waals surface area contributed by atoms with Crippen LogP contribution in [0.2, 0.25) is 0 Å². The Labute approximate surface area is 300 Å². The van der Waals surface area contributed by atoms with Crippen molar-refractivity contribution in [3.8, 4) is 6.07 Å². The number of carbonyl (C=O) groups excluding carboxylic acids is 3. The number of hydrogen-bond donors (Lipinski definition) is 3. The van der Waals surface area contributed by atoms with Gasteiger partial charge in [0.2, 0.25) is 5.91 Å². The number of fused-ring (bicyclic) bond motifs is 1. The summed E-state index contributed by atoms with van der Waals surface area (Å²) >= 11 is 2.86. The first kappa shape index (κ1) is 34.4. The average molecular weight is 697 g/mol. The lowest BCUT2D eigenvalue weighted by Gasteiger charge is -2.18. The van der Waals surface area contributed by atoms with Gasteiger partial charge < -0.3 is 16.0 Å². The molecule has 0 aliphatic heterocycles. The second-order valence-electron chi connectivity index (χ2n) is 12.3. The van der Waals surface area contributed by atoms with Gasteiger partial charge in [-0.15, -0.1) is 23.1 Å². The van der Waals surface area contributed by atoms with Crippen LogP contribution in [0.15, 0.2) is 120 Å². The molecule has 0 saturated carbocycles. The van der Waals surface area contributed by atoms with Gasteiger partial charge in [-0.3, -0.25) is 14.4 Å². The summed E-state index contributed by atoms with van der Waals surface area (Å²) in [7, 11) is 0. The zero-order valence-corrected chi connectivity index (χ0v) is 29.4. The third-order valence-electron chi connectivity index (χ3n) is 8.56. The molecule has 1 aliphatic carbocycles. The minimum atomic E-state index is -0.631. The van der Waals surface area contributed by atoms with Crippen molar-refractivity contribution in [1.29, 1.82) is 5.26 Å². The normalized spacial score (nSPS) is 14.5. The van der Waals surface area contributed by atoms with Crippen LogP contribution in [-0.2, 0) is 22.4 Å². The predicted molar refractivity (Wildman–Crippen MR) is 202 cm³/mol. The van der Waals surface area contributed by atoms with Gasteiger partial charge in [0.15, 0.2) is 0 Å². The Bertz CT molecular complexity index is 2100. The third-order valence-corrected chi connectivity index (χ3v) is 11.0. The van der Waals surface area contributed by atoms with Crippen molar-refractivity contribution >= 4 is 57.6 Å². The highest BCUT2D eigenvalue weighted by atomic mass is 32.2. The summed E-state index contributed by atoms with van der Waals surface area (Å²) in [6.45, 7) is 4.16. The molecule has 9 heteroatoms. The van der Waals surface area contributed by atoms with E-state index < -0.39 is 17.1 Å². The zero-order chi connectivity index (χ0) is 35.0. The minimum absolute atomic E-state index is 0.0917. The number of nitrogens with zero attached hydrogens (tertiary/aromatic N) is 1. The van der Waals surface area contributed by atoms with Gasteiger partial charge in [-0.25, -0.2) is 0 Å². The molecule has 2 atom stereocenters. The summed E-state index contributed by atoms with van der Waals surface area (Å²) in [5.74, 6) is -0.573. The zero-order valence-electron chi connectivity index (χ0n) is 27.7. The van der Waals surface area contributed by atoms with E-state index in [2.05, 4.69) is 28.9 Å². The van der Waals surface area contributed by atoms with Crippen LogP contribution in [0.25, 0.3) is 6.08 Å². The summed E-state index contributed by atoms with van der Waals surface area (Å²) in [6, 6.07) is 35.5. The molecule has 0 spiro atoms. The lowest BCUT2D eigenvalue weighted by atomic mass is 9.88. The van der Waals surface area contributed by atoms with Crippen molar-refractivity contribution in [2.75, 3.05) is 10.6 Å². The number of thioether (sulfide) groups is 1. The van der Waals surface area contributed by atoms with Gasteiger partial charge in [0.25, 0.3) is 11.8 Å². The number of nitriles is 1. The number of aryl methyl sites for hydroxylation is 1. The lowest BCUT2D eigenvalue weighted by molar-refractivity contribution is -0.116. The van der Waals surface area contributed by atoms with Gasteiger partial charge in [-0.1, -0.05) is 85.8 Å². The molecule has 0 saturated heterocycles. The van der Waals surface area contributed by atoms with Crippen molar-refractivity contribution in [3.63, 3.8) is 0 Å². The van der Waals surface area contributed by atoms with Gasteiger partial charge in [0, 0.05) is 21.0 Å². The SMILES string of the molecule is Cc1ccccc1/C=C(\NC(=O)c1ccccc1)C(=O)Nc1cccc(SC(C(=O)Nc2sc3c(c2C#N)CCC(C)C3)c2ccccc2)c1. The first-order chi connectivity index (χ1) is 24.3. The van der Waals surface area contributed by atoms with Gasteiger partial charge >= 0.3 is 0 Å². The number of amides is 3. The molecular formula is C41H36N4O3S2. The first-order valence-electron chi connectivity index (χ1n) is 16.4. The molecule has 5 aromatic rings. The van der Waals surface area contributed by atoms with Crippen molar-refractivity contribution in [2.24, 2.45) is 5.92 Å². The molecule has 50 heavy (non-hydrogen) atoms. The van der Waals surface area contributed by atoms with Crippen LogP contribution >= 0.6 is 23.1 Å². The quantitative estimate of drug-likeness (QED) is 0.0998. The largest absolute Gasteiger partial charge is 0.321 e. The predicted octanol–water partition coefficient (Wildman–Crippen LogP) is 8.93. The molecule has 3 amide bonds. The smallest absolute Gasteiger partial charge is 0.272 e. The fourth-order valence-electron chi connectivity index (χ4n) is 5.86. The van der Waals surface area contributed by atoms with Crippen LogP contribution in [0, 0.1) is 24.2 Å². The number of hydrogen-bond acceptors (Lipinski definition) is 6. The number of rotatable bonds is 10. The summed E-state index contributed by atoms with van der Waals surface area (Å²) < 4.78 is 0. The van der Waals surface area contributed by atoms with Crippen molar-refractivity contribution in [1.82, 2.24) is 5.32 Å². The molecule has 6 rings (SSSR count). The second-order valence-corrected chi connectivity index (χ2v) is 14.6. The molecule has 2 unspecified atom stereocenters. The maximum absolute atomic E-state index is 14.0. The molecule has 3 N–H and O–H groups in total. The van der Waals surface area contributed by atoms with E-state index in [0.717, 1.165) is 46.4 Å². The van der Waals surface area contributed by atoms with Gasteiger partial charge in [-0.2, -0.15) is 5.26 Å². The topological polar surface area (TPSA) is 111 Å². The monoisotopic (exact) mass is 696 g/mol. The van der Waals surface area contributed by atoms with Crippen molar-refractivity contribution in [2.45, 2.75) is 43.3 Å². The number of thiophene rings is 1. The lowest BCUT2D eigenvalue weighted by Crippen LogP contribution is -2.30. The number of carbonyl (C=O) groups is 3. The van der Waals surface area contributed by atoms with E-state index >= 15 is 0 Å². The highest BCUT2D eigenvalue weighted by Crippen LogP contribution is 2.42. The second kappa shape index (κ2) is 15.9. The van der Waals surface area contributed by atoms with Crippen molar-refractivity contribution in [3.05, 3.63) is 153 Å². The molecule has 0 fully saturated rings. The molecule has 250 valence electrons. The molecule has 0 bridgehead atoms. The van der Waals surface area contributed by atoms with Crippen LogP contribution < -0.4 is 16.0 Å². The number of benzene rings is 4. The maximum Gasteiger partial charge on any atom is 0.272 e. The fraction of sp³-hybridized carbons (Fsp3) is 0.171. The van der Waals surface area contributed by atoms with Gasteiger partial charge in [0.1, 0.15) is 22.0 Å².